The van der Waals surface area contributed by atoms with Crippen LogP contribution in [0.4, 0.5) is 4.79 Å². The summed E-state index contributed by atoms with van der Waals surface area (Å²) in [6.45, 7) is 2.20. The lowest BCUT2D eigenvalue weighted by atomic mass is 10.1. The standard InChI is InChI=1S/C19H19ClN4O3S/c1-2-3-8-21-19(27)23-15(25)9-24-11-22-17-16(18(24)26)14(10-28-17)12-4-6-13(20)7-5-12/h4-7,10-11H,2-3,8-9H2,1H3,(H2,21,23,25,27). The Bertz CT molecular complexity index is 1060. The molecule has 1 aromatic carbocycles. The van der Waals surface area contributed by atoms with Gasteiger partial charge in [-0.25, -0.2) is 9.78 Å². The van der Waals surface area contributed by atoms with E-state index in [1.165, 1.54) is 22.2 Å². The van der Waals surface area contributed by atoms with Gasteiger partial charge in [0, 0.05) is 22.5 Å². The summed E-state index contributed by atoms with van der Waals surface area (Å²) in [6, 6.07) is 6.58. The highest BCUT2D eigenvalue weighted by Gasteiger charge is 2.15. The normalized spacial score (nSPS) is 10.8. The lowest BCUT2D eigenvalue weighted by Gasteiger charge is -2.08. The minimum absolute atomic E-state index is 0.293. The molecule has 146 valence electrons. The van der Waals surface area contributed by atoms with Gasteiger partial charge in [-0.2, -0.15) is 0 Å². The van der Waals surface area contributed by atoms with Crippen LogP contribution in [0.3, 0.4) is 0 Å². The number of carbonyl (C=O) groups excluding carboxylic acids is 2. The van der Waals surface area contributed by atoms with E-state index in [1.54, 1.807) is 12.1 Å². The Hall–Kier alpha value is -2.71. The molecule has 2 heterocycles. The second-order valence-corrected chi connectivity index (χ2v) is 7.47. The highest BCUT2D eigenvalue weighted by Crippen LogP contribution is 2.31. The van der Waals surface area contributed by atoms with E-state index in [-0.39, 0.29) is 12.1 Å². The van der Waals surface area contributed by atoms with Gasteiger partial charge in [0.05, 0.1) is 11.7 Å². The molecule has 0 unspecified atom stereocenters. The van der Waals surface area contributed by atoms with Gasteiger partial charge in [-0.1, -0.05) is 37.1 Å². The number of fused-ring (bicyclic) bond motifs is 1. The molecule has 0 radical (unpaired) electrons. The highest BCUT2D eigenvalue weighted by atomic mass is 35.5. The van der Waals surface area contributed by atoms with Gasteiger partial charge in [0.2, 0.25) is 5.91 Å². The monoisotopic (exact) mass is 418 g/mol. The largest absolute Gasteiger partial charge is 0.338 e. The van der Waals surface area contributed by atoms with E-state index in [9.17, 15) is 14.4 Å². The number of nitrogens with zero attached hydrogens (tertiary/aromatic N) is 2. The Kier molecular flexibility index (Phi) is 6.43. The minimum atomic E-state index is -0.583. The van der Waals surface area contributed by atoms with Crippen molar-refractivity contribution in [2.75, 3.05) is 6.54 Å². The molecule has 3 rings (SSSR count). The fourth-order valence-corrected chi connectivity index (χ4v) is 3.70. The molecule has 3 aromatic rings. The summed E-state index contributed by atoms with van der Waals surface area (Å²) in [4.78, 5) is 41.6. The van der Waals surface area contributed by atoms with Gasteiger partial charge in [0.25, 0.3) is 5.56 Å². The van der Waals surface area contributed by atoms with Crippen LogP contribution in [0, 0.1) is 0 Å². The first-order valence-electron chi connectivity index (χ1n) is 8.80. The first-order chi connectivity index (χ1) is 13.5. The molecule has 0 saturated carbocycles. The third kappa shape index (κ3) is 4.58. The van der Waals surface area contributed by atoms with E-state index in [2.05, 4.69) is 15.6 Å². The number of amides is 3. The van der Waals surface area contributed by atoms with Crippen LogP contribution >= 0.6 is 22.9 Å². The molecule has 28 heavy (non-hydrogen) atoms. The van der Waals surface area contributed by atoms with Crippen LogP contribution in [-0.4, -0.2) is 28.0 Å². The molecule has 2 N–H and O–H groups in total. The average molecular weight is 419 g/mol. The lowest BCUT2D eigenvalue weighted by Crippen LogP contribution is -2.42. The lowest BCUT2D eigenvalue weighted by molar-refractivity contribution is -0.120. The van der Waals surface area contributed by atoms with Crippen LogP contribution in [0.2, 0.25) is 5.02 Å². The van der Waals surface area contributed by atoms with Gasteiger partial charge in [0.15, 0.2) is 0 Å². The van der Waals surface area contributed by atoms with Crippen molar-refractivity contribution >= 4 is 45.1 Å². The van der Waals surface area contributed by atoms with Gasteiger partial charge in [-0.3, -0.25) is 19.5 Å². The zero-order valence-corrected chi connectivity index (χ0v) is 16.8. The molecule has 0 aliphatic rings. The van der Waals surface area contributed by atoms with Crippen molar-refractivity contribution in [1.29, 1.82) is 0 Å². The first-order valence-corrected chi connectivity index (χ1v) is 10.1. The molecule has 0 saturated heterocycles. The SMILES string of the molecule is CCCCNC(=O)NC(=O)Cn1cnc2scc(-c3ccc(Cl)cc3)c2c1=O. The average Bonchev–Trinajstić information content (AvgIpc) is 3.10. The molecule has 0 aliphatic heterocycles. The third-order valence-corrected chi connectivity index (χ3v) is 5.24. The van der Waals surface area contributed by atoms with Crippen molar-refractivity contribution in [2.45, 2.75) is 26.3 Å². The number of urea groups is 1. The maximum absolute atomic E-state index is 12.9. The number of nitrogens with one attached hydrogen (secondary N) is 2. The molecule has 0 aliphatic carbocycles. The number of carbonyl (C=O) groups is 2. The van der Waals surface area contributed by atoms with Gasteiger partial charge in [0.1, 0.15) is 11.4 Å². The van der Waals surface area contributed by atoms with E-state index >= 15 is 0 Å². The van der Waals surface area contributed by atoms with Crippen molar-refractivity contribution in [2.24, 2.45) is 0 Å². The number of rotatable bonds is 6. The number of halogens is 1. The van der Waals surface area contributed by atoms with Crippen molar-refractivity contribution in [3.63, 3.8) is 0 Å². The quantitative estimate of drug-likeness (QED) is 0.600. The third-order valence-electron chi connectivity index (χ3n) is 4.10. The minimum Gasteiger partial charge on any atom is -0.338 e. The van der Waals surface area contributed by atoms with Gasteiger partial charge in [-0.05, 0) is 24.1 Å². The summed E-state index contributed by atoms with van der Waals surface area (Å²) in [5, 5.41) is 7.71. The number of imide groups is 1. The number of unbranched alkanes of at least 4 members (excludes halogenated alkanes) is 1. The zero-order chi connectivity index (χ0) is 20.1. The number of hydrogen-bond acceptors (Lipinski definition) is 5. The van der Waals surface area contributed by atoms with Crippen LogP contribution in [-0.2, 0) is 11.3 Å². The van der Waals surface area contributed by atoms with Crippen molar-refractivity contribution < 1.29 is 9.59 Å². The predicted octanol–water partition coefficient (Wildman–Crippen LogP) is 3.40. The fourth-order valence-electron chi connectivity index (χ4n) is 2.67. The summed E-state index contributed by atoms with van der Waals surface area (Å²) >= 11 is 7.29. The second-order valence-electron chi connectivity index (χ2n) is 6.17. The Morgan fingerprint density at radius 1 is 1.25 bits per heavy atom. The topological polar surface area (TPSA) is 93.1 Å². The molecule has 7 nitrogen and oxygen atoms in total. The van der Waals surface area contributed by atoms with Gasteiger partial charge < -0.3 is 5.32 Å². The Morgan fingerprint density at radius 2 is 2.00 bits per heavy atom. The summed E-state index contributed by atoms with van der Waals surface area (Å²) in [5.74, 6) is -0.583. The Balaban J connectivity index is 1.81. The van der Waals surface area contributed by atoms with Crippen LogP contribution in [0.15, 0.2) is 40.8 Å². The van der Waals surface area contributed by atoms with Gasteiger partial charge >= 0.3 is 6.03 Å². The van der Waals surface area contributed by atoms with Crippen molar-refractivity contribution in [3.05, 3.63) is 51.3 Å². The number of aromatic nitrogens is 2. The van der Waals surface area contributed by atoms with Crippen LogP contribution < -0.4 is 16.2 Å². The molecular formula is C19H19ClN4O3S. The Labute approximate surface area is 170 Å². The van der Waals surface area contributed by atoms with Gasteiger partial charge in [-0.15, -0.1) is 11.3 Å². The maximum atomic E-state index is 12.9. The van der Waals surface area contributed by atoms with Crippen molar-refractivity contribution in [3.8, 4) is 11.1 Å². The van der Waals surface area contributed by atoms with Crippen molar-refractivity contribution in [1.82, 2.24) is 20.2 Å². The molecule has 0 spiro atoms. The molecule has 3 amide bonds. The number of benzene rings is 1. The van der Waals surface area contributed by atoms with Crippen LogP contribution in [0.25, 0.3) is 21.3 Å². The number of thiophene rings is 1. The molecule has 9 heteroatoms. The maximum Gasteiger partial charge on any atom is 0.321 e. The first kappa shape index (κ1) is 20.0. The fraction of sp³-hybridized carbons (Fsp3) is 0.263. The van der Waals surface area contributed by atoms with Crippen LogP contribution in [0.5, 0.6) is 0 Å². The van der Waals surface area contributed by atoms with Crippen LogP contribution in [0.1, 0.15) is 19.8 Å². The summed E-state index contributed by atoms with van der Waals surface area (Å²) in [7, 11) is 0. The molecular weight excluding hydrogens is 400 g/mol. The zero-order valence-electron chi connectivity index (χ0n) is 15.2. The van der Waals surface area contributed by atoms with E-state index in [1.807, 2.05) is 24.4 Å². The summed E-state index contributed by atoms with van der Waals surface area (Å²) in [5.41, 5.74) is 1.24. The molecule has 0 fully saturated rings. The van der Waals surface area contributed by atoms with E-state index in [0.29, 0.717) is 21.8 Å². The van der Waals surface area contributed by atoms with E-state index in [0.717, 1.165) is 24.0 Å². The molecule has 0 bridgehead atoms. The van der Waals surface area contributed by atoms with E-state index in [4.69, 9.17) is 11.6 Å². The smallest absolute Gasteiger partial charge is 0.321 e. The molecule has 2 aromatic heterocycles. The van der Waals surface area contributed by atoms with E-state index < -0.39 is 11.9 Å². The second kappa shape index (κ2) is 8.99. The summed E-state index contributed by atoms with van der Waals surface area (Å²) in [6.07, 6.45) is 3.08. The predicted molar refractivity (Wildman–Crippen MR) is 111 cm³/mol. The molecule has 0 atom stereocenters. The summed E-state index contributed by atoms with van der Waals surface area (Å²) < 4.78 is 1.20. The number of hydrogen-bond donors (Lipinski definition) is 2. The Morgan fingerprint density at radius 3 is 2.71 bits per heavy atom. The highest BCUT2D eigenvalue weighted by molar-refractivity contribution is 7.17.